The molecule has 1 aliphatic rings. The first-order valence-electron chi connectivity index (χ1n) is 15.4. The fourth-order valence-electron chi connectivity index (χ4n) is 6.16. The van der Waals surface area contributed by atoms with Gasteiger partial charge in [0.15, 0.2) is 5.76 Å². The zero-order chi connectivity index (χ0) is 34.0. The standard InChI is InChI=1S/C40H29N2O6P/c1-47-29-18-14-17-28(25-29)42-38(44)33-26-34(41-37(43)27-15-6-2-7-16-27)40(46)48-35(33)36(39(42)45)49(30-19-8-3-9-20-30,31-21-10-4-11-22-31)32-23-12-5-13-24-32/h2-26H,1H3,(H,41,43). The predicted molar refractivity (Wildman–Crippen MR) is 193 cm³/mol. The van der Waals surface area contributed by atoms with Crippen LogP contribution in [-0.4, -0.2) is 30.1 Å². The number of imide groups is 1. The van der Waals surface area contributed by atoms with Gasteiger partial charge in [-0.15, -0.1) is 0 Å². The summed E-state index contributed by atoms with van der Waals surface area (Å²) in [6, 6.07) is 45.1. The summed E-state index contributed by atoms with van der Waals surface area (Å²) in [7, 11) is 1.50. The van der Waals surface area contributed by atoms with Gasteiger partial charge >= 0.3 is 5.63 Å². The van der Waals surface area contributed by atoms with Crippen LogP contribution in [0.1, 0.15) is 26.5 Å². The Kier molecular flexibility index (Phi) is 8.39. The second-order valence-corrected chi connectivity index (χ2v) is 14.5. The number of amides is 3. The maximum Gasteiger partial charge on any atom is 0.360 e. The van der Waals surface area contributed by atoms with Gasteiger partial charge < -0.3 is 14.5 Å². The van der Waals surface area contributed by atoms with Crippen LogP contribution in [0.2, 0.25) is 0 Å². The number of fused-ring (bicyclic) bond motifs is 1. The number of methoxy groups -OCH3 is 1. The van der Waals surface area contributed by atoms with Crippen LogP contribution in [0.4, 0.5) is 11.4 Å². The van der Waals surface area contributed by atoms with E-state index >= 15 is 4.79 Å². The Morgan fingerprint density at radius 2 is 1.18 bits per heavy atom. The molecule has 0 aliphatic carbocycles. The van der Waals surface area contributed by atoms with E-state index in [0.29, 0.717) is 11.3 Å². The highest BCUT2D eigenvalue weighted by molar-refractivity contribution is 7.96. The van der Waals surface area contributed by atoms with Crippen molar-refractivity contribution in [1.29, 1.82) is 0 Å². The molecule has 0 radical (unpaired) electrons. The topological polar surface area (TPSA) is 106 Å². The molecule has 6 aromatic rings. The van der Waals surface area contributed by atoms with E-state index in [4.69, 9.17) is 9.15 Å². The Labute approximate surface area is 282 Å². The van der Waals surface area contributed by atoms with Crippen LogP contribution in [0.25, 0.3) is 0 Å². The Morgan fingerprint density at radius 3 is 1.71 bits per heavy atom. The first-order chi connectivity index (χ1) is 23.9. The average Bonchev–Trinajstić information content (AvgIpc) is 3.15. The highest BCUT2D eigenvalue weighted by Crippen LogP contribution is 2.49. The van der Waals surface area contributed by atoms with Gasteiger partial charge in [-0.2, -0.15) is 0 Å². The van der Waals surface area contributed by atoms with E-state index in [-0.39, 0.29) is 28.0 Å². The number of carbonyl (C=O) groups excluding carboxylic acids is 3. The minimum Gasteiger partial charge on any atom is -0.497 e. The van der Waals surface area contributed by atoms with Crippen molar-refractivity contribution < 1.29 is 23.5 Å². The Morgan fingerprint density at radius 1 is 0.653 bits per heavy atom. The first-order valence-corrected chi connectivity index (χ1v) is 17.2. The van der Waals surface area contributed by atoms with E-state index in [1.165, 1.54) is 13.2 Å². The largest absolute Gasteiger partial charge is 0.497 e. The summed E-state index contributed by atoms with van der Waals surface area (Å²) in [5, 5.41) is 5.20. The zero-order valence-corrected chi connectivity index (χ0v) is 27.2. The number of carbonyl (C=O) groups is 3. The number of hydrogen-bond donors (Lipinski definition) is 1. The van der Waals surface area contributed by atoms with Gasteiger partial charge in [0, 0.05) is 11.6 Å². The van der Waals surface area contributed by atoms with Crippen LogP contribution < -0.4 is 36.5 Å². The molecule has 0 spiro atoms. The molecule has 1 N–H and O–H groups in total. The molecule has 49 heavy (non-hydrogen) atoms. The molecule has 5 aromatic carbocycles. The number of anilines is 2. The van der Waals surface area contributed by atoms with Crippen molar-refractivity contribution in [2.45, 2.75) is 0 Å². The summed E-state index contributed by atoms with van der Waals surface area (Å²) in [5.74, 6) is -1.61. The van der Waals surface area contributed by atoms with Crippen LogP contribution in [-0.2, 0) is 4.79 Å². The molecule has 0 fully saturated rings. The van der Waals surface area contributed by atoms with Crippen LogP contribution >= 0.6 is 6.89 Å². The number of nitrogens with zero attached hydrogens (tertiary/aromatic N) is 1. The normalized spacial score (nSPS) is 12.8. The van der Waals surface area contributed by atoms with E-state index in [9.17, 15) is 14.4 Å². The monoisotopic (exact) mass is 664 g/mol. The summed E-state index contributed by atoms with van der Waals surface area (Å²) in [4.78, 5) is 57.8. The summed E-state index contributed by atoms with van der Waals surface area (Å²) >= 11 is 0. The lowest BCUT2D eigenvalue weighted by Crippen LogP contribution is -2.50. The van der Waals surface area contributed by atoms with Gasteiger partial charge in [0.05, 0.1) is 23.7 Å². The molecule has 0 atom stereocenters. The van der Waals surface area contributed by atoms with Gasteiger partial charge in [-0.1, -0.05) is 115 Å². The zero-order valence-electron chi connectivity index (χ0n) is 26.3. The molecule has 8 nitrogen and oxygen atoms in total. The molecular formula is C40H29N2O6P. The lowest BCUT2D eigenvalue weighted by Gasteiger charge is -2.36. The quantitative estimate of drug-likeness (QED) is 0.176. The van der Waals surface area contributed by atoms with Gasteiger partial charge in [0.2, 0.25) is 0 Å². The number of hydrogen-bond acceptors (Lipinski definition) is 6. The Bertz CT molecular complexity index is 2220. The Hall–Kier alpha value is -6.24. The molecule has 2 heterocycles. The molecule has 0 saturated carbocycles. The van der Waals surface area contributed by atoms with Gasteiger partial charge in [-0.05, 0) is 53.1 Å². The van der Waals surface area contributed by atoms with Crippen LogP contribution in [0.3, 0.4) is 0 Å². The molecule has 3 amide bonds. The van der Waals surface area contributed by atoms with Crippen molar-refractivity contribution in [2.75, 3.05) is 17.3 Å². The fraction of sp³-hybridized carbons (Fsp3) is 0.0250. The SMILES string of the molecule is COc1cccc(N2C(=O)C(=P(c3ccccc3)(c3ccccc3)c3ccccc3)c3oc(=O)c(NC(=O)c4ccccc4)cc3C2=O)c1. The summed E-state index contributed by atoms with van der Waals surface area (Å²) in [6.45, 7) is -3.21. The van der Waals surface area contributed by atoms with E-state index in [2.05, 4.69) is 5.32 Å². The van der Waals surface area contributed by atoms with Crippen LogP contribution in [0.5, 0.6) is 5.75 Å². The van der Waals surface area contributed by atoms with E-state index < -0.39 is 30.2 Å². The van der Waals surface area contributed by atoms with Gasteiger partial charge in [0.25, 0.3) is 17.7 Å². The highest BCUT2D eigenvalue weighted by Gasteiger charge is 2.45. The maximum atomic E-state index is 15.2. The predicted octanol–water partition coefficient (Wildman–Crippen LogP) is 5.60. The molecule has 0 bridgehead atoms. The maximum absolute atomic E-state index is 15.2. The molecule has 0 unspecified atom stereocenters. The molecule has 1 aromatic heterocycles. The number of benzene rings is 5. The summed E-state index contributed by atoms with van der Waals surface area (Å²) in [6.07, 6.45) is 0. The van der Waals surface area contributed by atoms with Gasteiger partial charge in [-0.3, -0.25) is 14.4 Å². The summed E-state index contributed by atoms with van der Waals surface area (Å²) < 4.78 is 11.5. The van der Waals surface area contributed by atoms with E-state index in [1.54, 1.807) is 54.6 Å². The van der Waals surface area contributed by atoms with Crippen molar-refractivity contribution in [2.24, 2.45) is 0 Å². The van der Waals surface area contributed by atoms with Crippen molar-refractivity contribution >= 4 is 57.2 Å². The minimum atomic E-state index is -3.21. The lowest BCUT2D eigenvalue weighted by molar-refractivity contribution is -0.111. The molecule has 240 valence electrons. The number of rotatable bonds is 7. The highest BCUT2D eigenvalue weighted by atomic mass is 31.2. The second-order valence-electron chi connectivity index (χ2n) is 11.2. The summed E-state index contributed by atoms with van der Waals surface area (Å²) in [5.41, 5.74) is -0.599. The molecule has 0 saturated heterocycles. The third-order valence-electron chi connectivity index (χ3n) is 8.36. The first kappa shape index (κ1) is 31.4. The number of ether oxygens (including phenoxy) is 1. The third-order valence-corrected chi connectivity index (χ3v) is 12.6. The van der Waals surface area contributed by atoms with Crippen LogP contribution in [0.15, 0.2) is 161 Å². The van der Waals surface area contributed by atoms with Crippen LogP contribution in [0, 0.1) is 0 Å². The van der Waals surface area contributed by atoms with E-state index in [1.807, 2.05) is 91.0 Å². The van der Waals surface area contributed by atoms with Crippen molar-refractivity contribution in [3.05, 3.63) is 179 Å². The third kappa shape index (κ3) is 5.48. The van der Waals surface area contributed by atoms with Crippen molar-refractivity contribution in [3.8, 4) is 5.75 Å². The number of nitrogens with one attached hydrogen (secondary N) is 1. The van der Waals surface area contributed by atoms with E-state index in [0.717, 1.165) is 20.8 Å². The van der Waals surface area contributed by atoms with Crippen molar-refractivity contribution in [1.82, 2.24) is 0 Å². The fourth-order valence-corrected chi connectivity index (χ4v) is 10.5. The van der Waals surface area contributed by atoms with Gasteiger partial charge in [-0.25, -0.2) is 9.69 Å². The molecule has 1 aliphatic heterocycles. The van der Waals surface area contributed by atoms with Gasteiger partial charge in [0.1, 0.15) is 11.4 Å². The van der Waals surface area contributed by atoms with Crippen molar-refractivity contribution in [3.63, 3.8) is 0 Å². The Balaban J connectivity index is 1.62. The smallest absolute Gasteiger partial charge is 0.360 e. The molecule has 7 rings (SSSR count). The minimum absolute atomic E-state index is 0.0486. The molecular weight excluding hydrogens is 635 g/mol. The second kappa shape index (κ2) is 13.1. The lowest BCUT2D eigenvalue weighted by atomic mass is 10.0. The average molecular weight is 665 g/mol. The molecule has 9 heteroatoms.